The highest BCUT2D eigenvalue weighted by atomic mass is 35.5. The van der Waals surface area contributed by atoms with Crippen LogP contribution in [-0.4, -0.2) is 37.1 Å². The topological polar surface area (TPSA) is 29.5 Å². The van der Waals surface area contributed by atoms with Gasteiger partial charge >= 0.3 is 5.97 Å². The van der Waals surface area contributed by atoms with Crippen LogP contribution in [0.3, 0.4) is 0 Å². The number of ether oxygens (including phenoxy) is 1. The summed E-state index contributed by atoms with van der Waals surface area (Å²) in [7, 11) is 3.58. The molecule has 0 N–H and O–H groups in total. The minimum absolute atomic E-state index is 0.122. The van der Waals surface area contributed by atoms with Crippen LogP contribution in [0.5, 0.6) is 0 Å². The quantitative estimate of drug-likeness (QED) is 0.775. The second-order valence-electron chi connectivity index (χ2n) is 6.03. The van der Waals surface area contributed by atoms with E-state index >= 15 is 0 Å². The minimum Gasteiger partial charge on any atom is -0.469 e. The number of halogens is 2. The van der Waals surface area contributed by atoms with E-state index in [2.05, 4.69) is 11.9 Å². The van der Waals surface area contributed by atoms with Crippen LogP contribution < -0.4 is 0 Å². The number of hydrogen-bond acceptors (Lipinski definition) is 3. The van der Waals surface area contributed by atoms with E-state index < -0.39 is 0 Å². The first-order valence-electron chi connectivity index (χ1n) is 7.27. The van der Waals surface area contributed by atoms with Crippen molar-refractivity contribution in [1.82, 2.24) is 4.90 Å². The first kappa shape index (κ1) is 15.1. The van der Waals surface area contributed by atoms with Crippen molar-refractivity contribution in [1.29, 1.82) is 0 Å². The minimum atomic E-state index is -0.129. The lowest BCUT2D eigenvalue weighted by Crippen LogP contribution is -2.49. The molecule has 3 rings (SSSR count). The molecule has 2 unspecified atom stereocenters. The largest absolute Gasteiger partial charge is 0.469 e. The molecule has 2 fully saturated rings. The third-order valence-electron chi connectivity index (χ3n) is 5.11. The third kappa shape index (κ3) is 2.56. The highest BCUT2D eigenvalue weighted by Crippen LogP contribution is 2.47. The van der Waals surface area contributed by atoms with E-state index in [-0.39, 0.29) is 23.8 Å². The van der Waals surface area contributed by atoms with Crippen LogP contribution in [-0.2, 0) is 9.53 Å². The lowest BCUT2D eigenvalue weighted by atomic mass is 9.76. The van der Waals surface area contributed by atoms with Crippen molar-refractivity contribution in [2.24, 2.45) is 5.92 Å². The molecule has 0 saturated carbocycles. The van der Waals surface area contributed by atoms with E-state index in [1.165, 1.54) is 7.11 Å². The van der Waals surface area contributed by atoms with Gasteiger partial charge in [0, 0.05) is 18.0 Å². The zero-order valence-electron chi connectivity index (χ0n) is 12.2. The Morgan fingerprint density at radius 1 is 1.29 bits per heavy atom. The van der Waals surface area contributed by atoms with Crippen molar-refractivity contribution in [2.75, 3.05) is 14.2 Å². The van der Waals surface area contributed by atoms with Gasteiger partial charge in [0.15, 0.2) is 0 Å². The number of piperidine rings is 1. The molecule has 0 aliphatic carbocycles. The average molecular weight is 328 g/mol. The maximum absolute atomic E-state index is 12.3. The number of carbonyl (C=O) groups excluding carboxylic acids is 1. The fourth-order valence-corrected chi connectivity index (χ4v) is 4.32. The van der Waals surface area contributed by atoms with Crippen molar-refractivity contribution in [2.45, 2.75) is 37.3 Å². The number of benzene rings is 1. The SMILES string of the molecule is COC(=O)[C@@H]1C2CCC(C[C@H]1c1ccc(Cl)c(Cl)c1)N2C. The van der Waals surface area contributed by atoms with E-state index in [0.29, 0.717) is 16.1 Å². The molecule has 0 spiro atoms. The summed E-state index contributed by atoms with van der Waals surface area (Å²) in [6, 6.07) is 6.49. The zero-order valence-corrected chi connectivity index (χ0v) is 13.7. The lowest BCUT2D eigenvalue weighted by molar-refractivity contribution is -0.150. The number of hydrogen-bond donors (Lipinski definition) is 0. The molecule has 1 aromatic rings. The summed E-state index contributed by atoms with van der Waals surface area (Å²) in [4.78, 5) is 14.7. The number of methoxy groups -OCH3 is 1. The average Bonchev–Trinajstić information content (AvgIpc) is 2.72. The molecule has 4 atom stereocenters. The van der Waals surface area contributed by atoms with Crippen molar-refractivity contribution < 1.29 is 9.53 Å². The normalized spacial score (nSPS) is 32.2. The van der Waals surface area contributed by atoms with Gasteiger partial charge in [-0.3, -0.25) is 9.69 Å². The van der Waals surface area contributed by atoms with Crippen LogP contribution in [0.4, 0.5) is 0 Å². The van der Waals surface area contributed by atoms with Crippen molar-refractivity contribution in [3.8, 4) is 0 Å². The van der Waals surface area contributed by atoms with E-state index in [1.807, 2.05) is 18.2 Å². The molecule has 5 heteroatoms. The van der Waals surface area contributed by atoms with Gasteiger partial charge in [0.25, 0.3) is 0 Å². The third-order valence-corrected chi connectivity index (χ3v) is 5.85. The summed E-state index contributed by atoms with van der Waals surface area (Å²) in [6.45, 7) is 0. The second kappa shape index (κ2) is 5.79. The van der Waals surface area contributed by atoms with Crippen molar-refractivity contribution >= 4 is 29.2 Å². The monoisotopic (exact) mass is 327 g/mol. The first-order valence-corrected chi connectivity index (χ1v) is 8.03. The molecular weight excluding hydrogens is 309 g/mol. The van der Waals surface area contributed by atoms with Crippen LogP contribution in [0.15, 0.2) is 18.2 Å². The molecule has 0 aromatic heterocycles. The van der Waals surface area contributed by atoms with Crippen molar-refractivity contribution in [3.63, 3.8) is 0 Å². The molecule has 2 aliphatic heterocycles. The first-order chi connectivity index (χ1) is 10.0. The molecule has 2 heterocycles. The van der Waals surface area contributed by atoms with Gasteiger partial charge < -0.3 is 4.74 Å². The molecule has 3 nitrogen and oxygen atoms in total. The van der Waals surface area contributed by atoms with Crippen LogP contribution in [0.25, 0.3) is 0 Å². The van der Waals surface area contributed by atoms with Crippen LogP contribution in [0, 0.1) is 5.92 Å². The summed E-state index contributed by atoms with van der Waals surface area (Å²) in [5.74, 6) is -0.0971. The van der Waals surface area contributed by atoms with Gasteiger partial charge in [-0.25, -0.2) is 0 Å². The van der Waals surface area contributed by atoms with E-state index in [9.17, 15) is 4.79 Å². The number of fused-ring (bicyclic) bond motifs is 2. The number of rotatable bonds is 2. The fourth-order valence-electron chi connectivity index (χ4n) is 4.01. The number of nitrogens with zero attached hydrogens (tertiary/aromatic N) is 1. The Kier molecular flexibility index (Phi) is 4.17. The molecule has 2 aliphatic rings. The molecule has 2 saturated heterocycles. The molecule has 2 bridgehead atoms. The van der Waals surface area contributed by atoms with Gasteiger partial charge in [-0.2, -0.15) is 0 Å². The Hall–Kier alpha value is -0.770. The zero-order chi connectivity index (χ0) is 15.1. The Morgan fingerprint density at radius 2 is 2.05 bits per heavy atom. The predicted octanol–water partition coefficient (Wildman–Crippen LogP) is 3.73. The van der Waals surface area contributed by atoms with Gasteiger partial charge in [-0.05, 0) is 44.0 Å². The maximum atomic E-state index is 12.3. The number of esters is 1. The standard InChI is InChI=1S/C16H19Cl2NO2/c1-19-10-4-6-14(19)15(16(20)21-2)11(8-10)9-3-5-12(17)13(18)7-9/h3,5,7,10-11,14-15H,4,6,8H2,1-2H3/t10?,11-,14?,15-/m0/s1. The molecule has 1 aromatic carbocycles. The Morgan fingerprint density at radius 3 is 2.71 bits per heavy atom. The smallest absolute Gasteiger partial charge is 0.310 e. The van der Waals surface area contributed by atoms with Gasteiger partial charge in [0.1, 0.15) is 0 Å². The Bertz CT molecular complexity index is 563. The van der Waals surface area contributed by atoms with Crippen molar-refractivity contribution in [3.05, 3.63) is 33.8 Å². The highest BCUT2D eigenvalue weighted by molar-refractivity contribution is 6.42. The predicted molar refractivity (Wildman–Crippen MR) is 83.9 cm³/mol. The summed E-state index contributed by atoms with van der Waals surface area (Å²) >= 11 is 12.2. The van der Waals surface area contributed by atoms with E-state index in [4.69, 9.17) is 27.9 Å². The lowest BCUT2D eigenvalue weighted by Gasteiger charge is -2.41. The summed E-state index contributed by atoms with van der Waals surface area (Å²) in [6.07, 6.45) is 3.16. The van der Waals surface area contributed by atoms with Gasteiger partial charge in [0.05, 0.1) is 23.1 Å². The maximum Gasteiger partial charge on any atom is 0.310 e. The van der Waals surface area contributed by atoms with Crippen LogP contribution in [0.1, 0.15) is 30.7 Å². The van der Waals surface area contributed by atoms with Gasteiger partial charge in [-0.1, -0.05) is 29.3 Å². The van der Waals surface area contributed by atoms with E-state index in [0.717, 1.165) is 24.8 Å². The summed E-state index contributed by atoms with van der Waals surface area (Å²) < 4.78 is 5.07. The Balaban J connectivity index is 1.98. The molecule has 114 valence electrons. The number of carbonyl (C=O) groups is 1. The molecule has 0 radical (unpaired) electrons. The fraction of sp³-hybridized carbons (Fsp3) is 0.562. The molecule has 0 amide bonds. The highest BCUT2D eigenvalue weighted by Gasteiger charge is 2.49. The van der Waals surface area contributed by atoms with Gasteiger partial charge in [0.2, 0.25) is 0 Å². The van der Waals surface area contributed by atoms with E-state index in [1.54, 1.807) is 0 Å². The van der Waals surface area contributed by atoms with Crippen LogP contribution >= 0.6 is 23.2 Å². The second-order valence-corrected chi connectivity index (χ2v) is 6.84. The van der Waals surface area contributed by atoms with Gasteiger partial charge in [-0.15, -0.1) is 0 Å². The summed E-state index contributed by atoms with van der Waals surface area (Å²) in [5, 5.41) is 1.09. The molecular formula is C16H19Cl2NO2. The van der Waals surface area contributed by atoms with Crippen LogP contribution in [0.2, 0.25) is 10.0 Å². The Labute approximate surface area is 135 Å². The molecule has 21 heavy (non-hydrogen) atoms. The summed E-state index contributed by atoms with van der Waals surface area (Å²) in [5.41, 5.74) is 1.09.